The summed E-state index contributed by atoms with van der Waals surface area (Å²) in [7, 11) is 0. The average Bonchev–Trinajstić information content (AvgIpc) is 2.89. The normalized spacial score (nSPS) is 16.5. The highest BCUT2D eigenvalue weighted by molar-refractivity contribution is 6.36. The summed E-state index contributed by atoms with van der Waals surface area (Å²) in [6, 6.07) is 16.2. The minimum atomic E-state index is -0.986. The Labute approximate surface area is 244 Å². The van der Waals surface area contributed by atoms with E-state index in [2.05, 4.69) is 6.07 Å². The fourth-order valence-corrected chi connectivity index (χ4v) is 5.42. The van der Waals surface area contributed by atoms with Gasteiger partial charge in [-0.25, -0.2) is 4.79 Å². The van der Waals surface area contributed by atoms with E-state index in [1.807, 2.05) is 32.9 Å². The van der Waals surface area contributed by atoms with Crippen molar-refractivity contribution < 1.29 is 30.0 Å². The number of amides is 1. The summed E-state index contributed by atoms with van der Waals surface area (Å²) in [6.45, 7) is 5.49. The number of carboxylic acids is 1. The van der Waals surface area contributed by atoms with Gasteiger partial charge in [-0.3, -0.25) is 4.79 Å². The minimum absolute atomic E-state index is 0.0741. The number of fused-ring (bicyclic) bond motifs is 1. The molecule has 4 N–H and O–H groups in total. The molecular formula is C31H35Cl2NO6. The number of aryl methyl sites for hydroxylation is 1. The van der Waals surface area contributed by atoms with Gasteiger partial charge in [-0.05, 0) is 98.7 Å². The molecular weight excluding hydrogens is 553 g/mol. The van der Waals surface area contributed by atoms with Crippen LogP contribution in [-0.4, -0.2) is 55.5 Å². The standard InChI is InChI=1S/C24H29Cl2NO3.C7H6O3/c1-15-18-7-4-6-16(10-11-24(2,3)30)19(18)12-17(14-28)27(15)23(29)13-20-21(25)8-5-9-22(20)26;8-6-3-1-5(2-4-6)7(9)10/h4-9,15,17,28,30H,10-14H2,1-3H3;1-4,8H,(H,9,10). The zero-order chi connectivity index (χ0) is 29.6. The molecule has 2 atom stereocenters. The second kappa shape index (κ2) is 13.5. The van der Waals surface area contributed by atoms with Gasteiger partial charge in [-0.15, -0.1) is 0 Å². The van der Waals surface area contributed by atoms with Crippen molar-refractivity contribution in [3.8, 4) is 5.75 Å². The lowest BCUT2D eigenvalue weighted by Crippen LogP contribution is -2.49. The molecule has 3 aromatic carbocycles. The van der Waals surface area contributed by atoms with Gasteiger partial charge in [0.2, 0.25) is 5.91 Å². The SMILES string of the molecule is CC1c2cccc(CCC(C)(C)O)c2CC(CO)N1C(=O)Cc1c(Cl)cccc1Cl.O=C(O)c1ccc(O)cc1. The zero-order valence-electron chi connectivity index (χ0n) is 22.8. The van der Waals surface area contributed by atoms with Crippen molar-refractivity contribution in [3.05, 3.63) is 98.5 Å². The van der Waals surface area contributed by atoms with Crippen molar-refractivity contribution in [2.45, 2.75) is 64.1 Å². The van der Waals surface area contributed by atoms with Crippen LogP contribution >= 0.6 is 23.2 Å². The van der Waals surface area contributed by atoms with Gasteiger partial charge in [0.05, 0.1) is 36.3 Å². The Morgan fingerprint density at radius 3 is 2.15 bits per heavy atom. The molecule has 7 nitrogen and oxygen atoms in total. The van der Waals surface area contributed by atoms with E-state index in [1.165, 1.54) is 35.4 Å². The summed E-state index contributed by atoms with van der Waals surface area (Å²) in [5.41, 5.74) is 3.48. The van der Waals surface area contributed by atoms with Crippen molar-refractivity contribution in [3.63, 3.8) is 0 Å². The van der Waals surface area contributed by atoms with Gasteiger partial charge in [-0.1, -0.05) is 47.5 Å². The third-order valence-electron chi connectivity index (χ3n) is 7.02. The summed E-state index contributed by atoms with van der Waals surface area (Å²) < 4.78 is 0. The molecule has 4 rings (SSSR count). The number of phenols is 1. The number of halogens is 2. The van der Waals surface area contributed by atoms with E-state index in [1.54, 1.807) is 23.1 Å². The van der Waals surface area contributed by atoms with Gasteiger partial charge in [0.25, 0.3) is 0 Å². The summed E-state index contributed by atoms with van der Waals surface area (Å²) in [5, 5.41) is 38.3. The van der Waals surface area contributed by atoms with Crippen LogP contribution in [0.1, 0.15) is 65.8 Å². The van der Waals surface area contributed by atoms with Crippen LogP contribution in [0, 0.1) is 0 Å². The van der Waals surface area contributed by atoms with E-state index in [4.69, 9.17) is 33.4 Å². The van der Waals surface area contributed by atoms with Crippen molar-refractivity contribution in [1.82, 2.24) is 4.90 Å². The number of hydrogen-bond acceptors (Lipinski definition) is 5. The lowest BCUT2D eigenvalue weighted by Gasteiger charge is -2.42. The highest BCUT2D eigenvalue weighted by Gasteiger charge is 2.36. The van der Waals surface area contributed by atoms with E-state index in [9.17, 15) is 19.8 Å². The smallest absolute Gasteiger partial charge is 0.335 e. The summed E-state index contributed by atoms with van der Waals surface area (Å²) in [6.07, 6.45) is 2.07. The monoisotopic (exact) mass is 587 g/mol. The van der Waals surface area contributed by atoms with E-state index in [0.717, 1.165) is 12.0 Å². The first kappa shape index (κ1) is 31.4. The first-order valence-electron chi connectivity index (χ1n) is 13.0. The van der Waals surface area contributed by atoms with Crippen LogP contribution in [-0.2, 0) is 24.1 Å². The molecule has 0 radical (unpaired) electrons. The predicted molar refractivity (Wildman–Crippen MR) is 156 cm³/mol. The number of hydrogen-bond donors (Lipinski definition) is 4. The van der Waals surface area contributed by atoms with E-state index < -0.39 is 11.6 Å². The largest absolute Gasteiger partial charge is 0.508 e. The van der Waals surface area contributed by atoms with E-state index in [-0.39, 0.29) is 42.3 Å². The number of carboxylic acid groups (broad SMARTS) is 1. The van der Waals surface area contributed by atoms with Crippen molar-refractivity contribution in [1.29, 1.82) is 0 Å². The molecule has 1 aliphatic heterocycles. The lowest BCUT2D eigenvalue weighted by atomic mass is 9.83. The number of aliphatic hydroxyl groups is 2. The summed E-state index contributed by atoms with van der Waals surface area (Å²) in [4.78, 5) is 25.3. The molecule has 3 aromatic rings. The fourth-order valence-electron chi connectivity index (χ4n) is 4.89. The van der Waals surface area contributed by atoms with Gasteiger partial charge >= 0.3 is 5.97 Å². The molecule has 0 bridgehead atoms. The number of nitrogens with zero attached hydrogens (tertiary/aromatic N) is 1. The maximum Gasteiger partial charge on any atom is 0.335 e. The number of aliphatic hydroxyl groups excluding tert-OH is 1. The number of aromatic hydroxyl groups is 1. The number of aromatic carboxylic acids is 1. The third-order valence-corrected chi connectivity index (χ3v) is 7.73. The van der Waals surface area contributed by atoms with Crippen LogP contribution in [0.3, 0.4) is 0 Å². The van der Waals surface area contributed by atoms with Gasteiger partial charge in [0.1, 0.15) is 5.75 Å². The Bertz CT molecular complexity index is 1320. The number of rotatable bonds is 7. The number of phenolic OH excluding ortho intramolecular Hbond substituents is 1. The van der Waals surface area contributed by atoms with Crippen molar-refractivity contribution >= 4 is 35.1 Å². The number of carbonyl (C=O) groups is 2. The molecule has 1 aliphatic rings. The van der Waals surface area contributed by atoms with Crippen LogP contribution in [0.5, 0.6) is 5.75 Å². The van der Waals surface area contributed by atoms with Crippen LogP contribution in [0.15, 0.2) is 60.7 Å². The maximum absolute atomic E-state index is 13.3. The second-order valence-electron chi connectivity index (χ2n) is 10.5. The first-order valence-corrected chi connectivity index (χ1v) is 13.8. The molecule has 0 saturated heterocycles. The second-order valence-corrected chi connectivity index (χ2v) is 11.4. The van der Waals surface area contributed by atoms with E-state index in [0.29, 0.717) is 28.5 Å². The first-order chi connectivity index (χ1) is 18.8. The quantitative estimate of drug-likeness (QED) is 0.276. The van der Waals surface area contributed by atoms with Gasteiger partial charge in [0, 0.05) is 10.0 Å². The molecule has 1 heterocycles. The highest BCUT2D eigenvalue weighted by Crippen LogP contribution is 2.36. The lowest BCUT2D eigenvalue weighted by molar-refractivity contribution is -0.137. The Hall–Kier alpha value is -3.10. The molecule has 214 valence electrons. The molecule has 0 aromatic heterocycles. The molecule has 1 amide bonds. The summed E-state index contributed by atoms with van der Waals surface area (Å²) in [5.74, 6) is -1.02. The fraction of sp³-hybridized carbons (Fsp3) is 0.355. The maximum atomic E-state index is 13.3. The van der Waals surface area contributed by atoms with Crippen LogP contribution in [0.4, 0.5) is 0 Å². The zero-order valence-corrected chi connectivity index (χ0v) is 24.3. The third kappa shape index (κ3) is 7.98. The van der Waals surface area contributed by atoms with Gasteiger partial charge < -0.3 is 25.3 Å². The molecule has 40 heavy (non-hydrogen) atoms. The molecule has 9 heteroatoms. The minimum Gasteiger partial charge on any atom is -0.508 e. The van der Waals surface area contributed by atoms with Crippen LogP contribution in [0.2, 0.25) is 10.0 Å². The van der Waals surface area contributed by atoms with Gasteiger partial charge in [0.15, 0.2) is 0 Å². The highest BCUT2D eigenvalue weighted by atomic mass is 35.5. The Kier molecular flexibility index (Phi) is 10.6. The summed E-state index contributed by atoms with van der Waals surface area (Å²) >= 11 is 12.5. The van der Waals surface area contributed by atoms with Crippen molar-refractivity contribution in [2.24, 2.45) is 0 Å². The Morgan fingerprint density at radius 2 is 1.60 bits per heavy atom. The van der Waals surface area contributed by atoms with Crippen LogP contribution in [0.25, 0.3) is 0 Å². The Balaban J connectivity index is 0.000000371. The molecule has 0 saturated carbocycles. The Morgan fingerprint density at radius 1 is 1.00 bits per heavy atom. The molecule has 0 aliphatic carbocycles. The molecule has 0 spiro atoms. The predicted octanol–water partition coefficient (Wildman–Crippen LogP) is 5.84. The van der Waals surface area contributed by atoms with Crippen LogP contribution < -0.4 is 0 Å². The number of benzene rings is 3. The average molecular weight is 589 g/mol. The molecule has 2 unspecified atom stereocenters. The van der Waals surface area contributed by atoms with Gasteiger partial charge in [-0.2, -0.15) is 0 Å². The number of carbonyl (C=O) groups excluding carboxylic acids is 1. The topological polar surface area (TPSA) is 118 Å². The van der Waals surface area contributed by atoms with Crippen molar-refractivity contribution in [2.75, 3.05) is 6.61 Å². The molecule has 0 fully saturated rings. The van der Waals surface area contributed by atoms with E-state index >= 15 is 0 Å².